The molecule has 1 aliphatic carbocycles. The lowest BCUT2D eigenvalue weighted by Crippen LogP contribution is -2.25. The average molecular weight is 258 g/mol. The Labute approximate surface area is 115 Å². The fourth-order valence-electron chi connectivity index (χ4n) is 2.98. The lowest BCUT2D eigenvalue weighted by Gasteiger charge is -2.26. The summed E-state index contributed by atoms with van der Waals surface area (Å²) >= 11 is 0. The van der Waals surface area contributed by atoms with Gasteiger partial charge in [-0.1, -0.05) is 18.9 Å². The normalized spacial score (nSPS) is 17.2. The minimum Gasteiger partial charge on any atom is -0.389 e. The van der Waals surface area contributed by atoms with Gasteiger partial charge >= 0.3 is 0 Å². The number of hydrogen-bond acceptors (Lipinski definition) is 3. The summed E-state index contributed by atoms with van der Waals surface area (Å²) in [5.41, 5.74) is 2.54. The van der Waals surface area contributed by atoms with Gasteiger partial charge in [0.1, 0.15) is 0 Å². The SMILES string of the molecule is CC(O)c1ccc(C#N)cc1N(C)CC1CCCC1. The predicted molar refractivity (Wildman–Crippen MR) is 77.0 cm³/mol. The fraction of sp³-hybridized carbons (Fsp3) is 0.562. The molecule has 1 aromatic rings. The lowest BCUT2D eigenvalue weighted by atomic mass is 10.0. The van der Waals surface area contributed by atoms with E-state index in [9.17, 15) is 5.11 Å². The Bertz CT molecular complexity index is 470. The third-order valence-electron chi connectivity index (χ3n) is 4.03. The van der Waals surface area contributed by atoms with Crippen LogP contribution in [0.3, 0.4) is 0 Å². The number of benzene rings is 1. The fourth-order valence-corrected chi connectivity index (χ4v) is 2.98. The quantitative estimate of drug-likeness (QED) is 0.902. The molecule has 3 nitrogen and oxygen atoms in total. The van der Waals surface area contributed by atoms with Gasteiger partial charge in [-0.2, -0.15) is 5.26 Å². The minimum absolute atomic E-state index is 0.506. The first-order chi connectivity index (χ1) is 9.11. The van der Waals surface area contributed by atoms with Crippen LogP contribution in [-0.4, -0.2) is 18.7 Å². The molecule has 19 heavy (non-hydrogen) atoms. The van der Waals surface area contributed by atoms with E-state index >= 15 is 0 Å². The van der Waals surface area contributed by atoms with E-state index in [2.05, 4.69) is 18.0 Å². The van der Waals surface area contributed by atoms with E-state index < -0.39 is 6.10 Å². The monoisotopic (exact) mass is 258 g/mol. The zero-order valence-electron chi connectivity index (χ0n) is 11.8. The number of aliphatic hydroxyl groups is 1. The average Bonchev–Trinajstić information content (AvgIpc) is 2.90. The summed E-state index contributed by atoms with van der Waals surface area (Å²) in [5.74, 6) is 0.748. The van der Waals surface area contributed by atoms with E-state index in [1.807, 2.05) is 12.1 Å². The molecule has 1 aliphatic rings. The van der Waals surface area contributed by atoms with Crippen LogP contribution in [0.5, 0.6) is 0 Å². The number of rotatable bonds is 4. The lowest BCUT2D eigenvalue weighted by molar-refractivity contribution is 0.199. The van der Waals surface area contributed by atoms with Crippen molar-refractivity contribution in [1.29, 1.82) is 5.26 Å². The Kier molecular flexibility index (Phi) is 4.44. The summed E-state index contributed by atoms with van der Waals surface area (Å²) in [6.45, 7) is 2.78. The summed E-state index contributed by atoms with van der Waals surface area (Å²) in [4.78, 5) is 2.19. The first-order valence-corrected chi connectivity index (χ1v) is 7.05. The molecule has 0 bridgehead atoms. The molecule has 1 N–H and O–H groups in total. The number of hydrogen-bond donors (Lipinski definition) is 1. The molecule has 0 aromatic heterocycles. The van der Waals surface area contributed by atoms with Gasteiger partial charge in [0, 0.05) is 24.8 Å². The summed E-state index contributed by atoms with van der Waals surface area (Å²) < 4.78 is 0. The van der Waals surface area contributed by atoms with Crippen molar-refractivity contribution in [2.45, 2.75) is 38.7 Å². The van der Waals surface area contributed by atoms with E-state index in [-0.39, 0.29) is 0 Å². The summed E-state index contributed by atoms with van der Waals surface area (Å²) in [7, 11) is 2.06. The topological polar surface area (TPSA) is 47.3 Å². The first-order valence-electron chi connectivity index (χ1n) is 7.05. The summed E-state index contributed by atoms with van der Waals surface area (Å²) in [6, 6.07) is 7.70. The van der Waals surface area contributed by atoms with Crippen molar-refractivity contribution in [1.82, 2.24) is 0 Å². The van der Waals surface area contributed by atoms with E-state index in [4.69, 9.17) is 5.26 Å². The maximum Gasteiger partial charge on any atom is 0.0992 e. The van der Waals surface area contributed by atoms with Crippen LogP contribution in [0.4, 0.5) is 5.69 Å². The molecule has 102 valence electrons. The molecule has 0 heterocycles. The van der Waals surface area contributed by atoms with Gasteiger partial charge in [-0.25, -0.2) is 0 Å². The Hall–Kier alpha value is -1.53. The van der Waals surface area contributed by atoms with Gasteiger partial charge in [-0.15, -0.1) is 0 Å². The zero-order valence-corrected chi connectivity index (χ0v) is 11.8. The van der Waals surface area contributed by atoms with Gasteiger partial charge in [0.05, 0.1) is 17.7 Å². The highest BCUT2D eigenvalue weighted by Crippen LogP contribution is 2.30. The van der Waals surface area contributed by atoms with Crippen molar-refractivity contribution < 1.29 is 5.11 Å². The van der Waals surface area contributed by atoms with E-state index in [0.717, 1.165) is 23.7 Å². The maximum atomic E-state index is 9.87. The van der Waals surface area contributed by atoms with Crippen LogP contribution in [0.25, 0.3) is 0 Å². The first kappa shape index (κ1) is 13.9. The molecule has 1 fully saturated rings. The summed E-state index contributed by atoms with van der Waals surface area (Å²) in [6.07, 6.45) is 4.76. The standard InChI is InChI=1S/C16H22N2O/c1-12(19)15-8-7-14(10-17)9-16(15)18(2)11-13-5-3-4-6-13/h7-9,12-13,19H,3-6,11H2,1-2H3. The highest BCUT2D eigenvalue weighted by Gasteiger charge is 2.19. The molecule has 0 spiro atoms. The molecule has 2 rings (SSSR count). The van der Waals surface area contributed by atoms with Crippen LogP contribution in [0.2, 0.25) is 0 Å². The van der Waals surface area contributed by atoms with Crippen LogP contribution < -0.4 is 4.90 Å². The molecule has 0 aliphatic heterocycles. The number of aliphatic hydroxyl groups excluding tert-OH is 1. The highest BCUT2D eigenvalue weighted by molar-refractivity contribution is 5.58. The van der Waals surface area contributed by atoms with Crippen molar-refractivity contribution in [2.24, 2.45) is 5.92 Å². The summed E-state index contributed by atoms with van der Waals surface area (Å²) in [5, 5.41) is 18.9. The second-order valence-corrected chi connectivity index (χ2v) is 5.59. The van der Waals surface area contributed by atoms with Gasteiger partial charge < -0.3 is 10.0 Å². The largest absolute Gasteiger partial charge is 0.389 e. The Morgan fingerprint density at radius 1 is 1.42 bits per heavy atom. The van der Waals surface area contributed by atoms with Crippen molar-refractivity contribution in [3.8, 4) is 6.07 Å². The van der Waals surface area contributed by atoms with E-state index in [0.29, 0.717) is 5.56 Å². The van der Waals surface area contributed by atoms with Crippen molar-refractivity contribution in [2.75, 3.05) is 18.5 Å². The molecule has 0 radical (unpaired) electrons. The number of nitrogens with zero attached hydrogens (tertiary/aromatic N) is 2. The van der Waals surface area contributed by atoms with Crippen LogP contribution in [0.1, 0.15) is 49.8 Å². The van der Waals surface area contributed by atoms with Crippen LogP contribution in [-0.2, 0) is 0 Å². The molecule has 1 saturated carbocycles. The third kappa shape index (κ3) is 3.27. The van der Waals surface area contributed by atoms with Gasteiger partial charge in [0.25, 0.3) is 0 Å². The Balaban J connectivity index is 2.22. The van der Waals surface area contributed by atoms with Gasteiger partial charge in [-0.3, -0.25) is 0 Å². The van der Waals surface area contributed by atoms with Gasteiger partial charge in [0.15, 0.2) is 0 Å². The maximum absolute atomic E-state index is 9.87. The third-order valence-corrected chi connectivity index (χ3v) is 4.03. The molecule has 1 unspecified atom stereocenters. The van der Waals surface area contributed by atoms with Crippen LogP contribution in [0.15, 0.2) is 18.2 Å². The van der Waals surface area contributed by atoms with Crippen LogP contribution in [0, 0.1) is 17.2 Å². The Morgan fingerprint density at radius 3 is 2.68 bits per heavy atom. The predicted octanol–water partition coefficient (Wildman–Crippen LogP) is 3.24. The number of anilines is 1. The molecule has 1 aromatic carbocycles. The molecule has 1 atom stereocenters. The second kappa shape index (κ2) is 6.08. The van der Waals surface area contributed by atoms with Crippen molar-refractivity contribution in [3.05, 3.63) is 29.3 Å². The molecule has 3 heteroatoms. The van der Waals surface area contributed by atoms with Crippen molar-refractivity contribution >= 4 is 5.69 Å². The molecular weight excluding hydrogens is 236 g/mol. The molecular formula is C16H22N2O. The highest BCUT2D eigenvalue weighted by atomic mass is 16.3. The van der Waals surface area contributed by atoms with Crippen molar-refractivity contribution in [3.63, 3.8) is 0 Å². The zero-order chi connectivity index (χ0) is 13.8. The van der Waals surface area contributed by atoms with E-state index in [1.165, 1.54) is 25.7 Å². The molecule has 0 amide bonds. The minimum atomic E-state index is -0.506. The smallest absolute Gasteiger partial charge is 0.0992 e. The van der Waals surface area contributed by atoms with Gasteiger partial charge in [-0.05, 0) is 37.8 Å². The second-order valence-electron chi connectivity index (χ2n) is 5.59. The van der Waals surface area contributed by atoms with E-state index in [1.54, 1.807) is 13.0 Å². The Morgan fingerprint density at radius 2 is 2.11 bits per heavy atom. The molecule has 0 saturated heterocycles. The van der Waals surface area contributed by atoms with Gasteiger partial charge in [0.2, 0.25) is 0 Å². The van der Waals surface area contributed by atoms with Crippen LogP contribution >= 0.6 is 0 Å². The number of nitriles is 1.